The van der Waals surface area contributed by atoms with Gasteiger partial charge in [0.1, 0.15) is 17.5 Å². The molecule has 6 heteroatoms. The van der Waals surface area contributed by atoms with Gasteiger partial charge >= 0.3 is 0 Å². The number of rotatable bonds is 6. The van der Waals surface area contributed by atoms with Gasteiger partial charge in [-0.1, -0.05) is 13.8 Å². The number of aromatic nitrogens is 2. The van der Waals surface area contributed by atoms with Gasteiger partial charge in [-0.15, -0.1) is 0 Å². The van der Waals surface area contributed by atoms with Crippen LogP contribution in [0.5, 0.6) is 0 Å². The first-order valence-corrected chi connectivity index (χ1v) is 7.07. The van der Waals surface area contributed by atoms with E-state index in [1.807, 2.05) is 6.92 Å². The van der Waals surface area contributed by atoms with Crippen LogP contribution >= 0.6 is 0 Å². The lowest BCUT2D eigenvalue weighted by molar-refractivity contribution is 0.732. The Morgan fingerprint density at radius 1 is 1.45 bits per heavy atom. The van der Waals surface area contributed by atoms with Gasteiger partial charge in [0.15, 0.2) is 0 Å². The van der Waals surface area contributed by atoms with Crippen LogP contribution in [0.3, 0.4) is 0 Å². The Bertz CT molecular complexity index is 515. The number of hydrazine groups is 1. The highest BCUT2D eigenvalue weighted by Gasteiger charge is 2.31. The molecule has 0 saturated heterocycles. The predicted molar refractivity (Wildman–Crippen MR) is 79.3 cm³/mol. The second kappa shape index (κ2) is 6.06. The zero-order valence-corrected chi connectivity index (χ0v) is 12.3. The maximum absolute atomic E-state index is 8.84. The first-order chi connectivity index (χ1) is 9.58. The molecule has 1 aromatic rings. The smallest absolute Gasteiger partial charge is 0.148 e. The first kappa shape index (κ1) is 14.5. The molecule has 0 aliphatic heterocycles. The van der Waals surface area contributed by atoms with Gasteiger partial charge in [-0.2, -0.15) is 5.26 Å². The fourth-order valence-corrected chi connectivity index (χ4v) is 2.22. The van der Waals surface area contributed by atoms with Crippen molar-refractivity contribution in [2.24, 2.45) is 5.84 Å². The molecular weight excluding hydrogens is 252 g/mol. The Morgan fingerprint density at radius 2 is 2.15 bits per heavy atom. The predicted octanol–water partition coefficient (Wildman–Crippen LogP) is 2.08. The summed E-state index contributed by atoms with van der Waals surface area (Å²) < 4.78 is 0. The molecule has 1 aromatic heterocycles. The number of hydrogen-bond donors (Lipinski definition) is 2. The van der Waals surface area contributed by atoms with Crippen LogP contribution in [-0.2, 0) is 0 Å². The van der Waals surface area contributed by atoms with Crippen LogP contribution in [0.15, 0.2) is 0 Å². The summed E-state index contributed by atoms with van der Waals surface area (Å²) in [6.07, 6.45) is 2.83. The SMILES string of the molecule is Cc1c(NN)nc(C(C)C)nc1N(CCC#N)C1CC1. The molecule has 1 aliphatic rings. The maximum Gasteiger partial charge on any atom is 0.148 e. The van der Waals surface area contributed by atoms with Crippen LogP contribution in [-0.4, -0.2) is 22.6 Å². The molecule has 0 amide bonds. The average Bonchev–Trinajstić information content (AvgIpc) is 3.25. The Balaban J connectivity index is 2.41. The van der Waals surface area contributed by atoms with Crippen LogP contribution in [0.25, 0.3) is 0 Å². The average molecular weight is 274 g/mol. The fourth-order valence-electron chi connectivity index (χ4n) is 2.22. The van der Waals surface area contributed by atoms with Crippen molar-refractivity contribution in [3.63, 3.8) is 0 Å². The largest absolute Gasteiger partial charge is 0.352 e. The third-order valence-corrected chi connectivity index (χ3v) is 3.51. The van der Waals surface area contributed by atoms with Crippen molar-refractivity contribution >= 4 is 11.6 Å². The summed E-state index contributed by atoms with van der Waals surface area (Å²) in [5, 5.41) is 8.84. The van der Waals surface area contributed by atoms with Crippen molar-refractivity contribution in [2.75, 3.05) is 16.9 Å². The third kappa shape index (κ3) is 2.99. The number of hydrogen-bond acceptors (Lipinski definition) is 6. The number of nitrogens with zero attached hydrogens (tertiary/aromatic N) is 4. The van der Waals surface area contributed by atoms with Gasteiger partial charge in [0.05, 0.1) is 12.5 Å². The van der Waals surface area contributed by atoms with E-state index in [9.17, 15) is 0 Å². The fraction of sp³-hybridized carbons (Fsp3) is 0.643. The standard InChI is InChI=1S/C14H22N6/c1-9(2)12-17-13(19-16)10(3)14(18-12)20(8-4-7-15)11-5-6-11/h9,11H,4-6,8,16H2,1-3H3,(H,17,18,19). The lowest BCUT2D eigenvalue weighted by atomic mass is 10.2. The first-order valence-electron chi connectivity index (χ1n) is 7.07. The van der Waals surface area contributed by atoms with E-state index in [1.54, 1.807) is 0 Å². The van der Waals surface area contributed by atoms with Crippen molar-refractivity contribution in [3.8, 4) is 6.07 Å². The van der Waals surface area contributed by atoms with E-state index >= 15 is 0 Å². The van der Waals surface area contributed by atoms with Crippen LogP contribution in [0.1, 0.15) is 50.4 Å². The Kier molecular flexibility index (Phi) is 4.40. The molecule has 20 heavy (non-hydrogen) atoms. The Morgan fingerprint density at radius 3 is 2.65 bits per heavy atom. The summed E-state index contributed by atoms with van der Waals surface area (Å²) in [4.78, 5) is 11.4. The highest BCUT2D eigenvalue weighted by Crippen LogP contribution is 2.34. The molecule has 0 atom stereocenters. The minimum absolute atomic E-state index is 0.235. The van der Waals surface area contributed by atoms with Crippen molar-refractivity contribution in [1.29, 1.82) is 5.26 Å². The monoisotopic (exact) mass is 274 g/mol. The maximum atomic E-state index is 8.84. The zero-order valence-electron chi connectivity index (χ0n) is 12.3. The third-order valence-electron chi connectivity index (χ3n) is 3.51. The number of nitrogen functional groups attached to an aromatic ring is 1. The van der Waals surface area contributed by atoms with Crippen LogP contribution in [0.2, 0.25) is 0 Å². The molecule has 0 bridgehead atoms. The van der Waals surface area contributed by atoms with E-state index in [1.165, 1.54) is 0 Å². The summed E-state index contributed by atoms with van der Waals surface area (Å²) in [6, 6.07) is 2.71. The second-order valence-corrected chi connectivity index (χ2v) is 5.51. The van der Waals surface area contributed by atoms with Gasteiger partial charge in [-0.05, 0) is 19.8 Å². The normalized spacial score (nSPS) is 14.2. The van der Waals surface area contributed by atoms with Crippen molar-refractivity contribution < 1.29 is 0 Å². The lowest BCUT2D eigenvalue weighted by Crippen LogP contribution is -2.29. The highest BCUT2D eigenvalue weighted by molar-refractivity contribution is 5.59. The quantitative estimate of drug-likeness (QED) is 0.609. The van der Waals surface area contributed by atoms with E-state index in [0.29, 0.717) is 24.8 Å². The lowest BCUT2D eigenvalue weighted by Gasteiger charge is -2.26. The molecule has 0 spiro atoms. The molecule has 1 fully saturated rings. The molecule has 6 nitrogen and oxygen atoms in total. The highest BCUT2D eigenvalue weighted by atomic mass is 15.3. The van der Waals surface area contributed by atoms with Crippen LogP contribution < -0.4 is 16.2 Å². The zero-order chi connectivity index (χ0) is 14.7. The van der Waals surface area contributed by atoms with E-state index in [2.05, 4.69) is 35.2 Å². The minimum Gasteiger partial charge on any atom is -0.352 e. The summed E-state index contributed by atoms with van der Waals surface area (Å²) in [5.41, 5.74) is 3.60. The molecule has 1 heterocycles. The number of nitriles is 1. The molecule has 3 N–H and O–H groups in total. The molecular formula is C14H22N6. The minimum atomic E-state index is 0.235. The molecule has 0 radical (unpaired) electrons. The summed E-state index contributed by atoms with van der Waals surface area (Å²) >= 11 is 0. The van der Waals surface area contributed by atoms with Crippen LogP contribution in [0, 0.1) is 18.3 Å². The van der Waals surface area contributed by atoms with Crippen molar-refractivity contribution in [1.82, 2.24) is 9.97 Å². The molecule has 108 valence electrons. The Labute approximate surface area is 120 Å². The van der Waals surface area contributed by atoms with Crippen molar-refractivity contribution in [3.05, 3.63) is 11.4 Å². The number of anilines is 2. The van der Waals surface area contributed by atoms with Gasteiger partial charge in [-0.3, -0.25) is 0 Å². The molecule has 0 aromatic carbocycles. The molecule has 0 unspecified atom stereocenters. The molecule has 1 aliphatic carbocycles. The van der Waals surface area contributed by atoms with Gasteiger partial charge in [0.2, 0.25) is 0 Å². The van der Waals surface area contributed by atoms with E-state index in [4.69, 9.17) is 16.1 Å². The van der Waals surface area contributed by atoms with Gasteiger partial charge in [0.25, 0.3) is 0 Å². The molecule has 1 saturated carbocycles. The summed E-state index contributed by atoms with van der Waals surface area (Å²) in [5.74, 6) is 8.16. The van der Waals surface area contributed by atoms with Gasteiger partial charge in [0, 0.05) is 24.1 Å². The van der Waals surface area contributed by atoms with E-state index in [-0.39, 0.29) is 5.92 Å². The second-order valence-electron chi connectivity index (χ2n) is 5.51. The summed E-state index contributed by atoms with van der Waals surface area (Å²) in [6.45, 7) is 6.80. The van der Waals surface area contributed by atoms with Gasteiger partial charge in [-0.25, -0.2) is 15.8 Å². The number of nitrogens with two attached hydrogens (primary N) is 1. The topological polar surface area (TPSA) is 90.9 Å². The van der Waals surface area contributed by atoms with Gasteiger partial charge < -0.3 is 10.3 Å². The van der Waals surface area contributed by atoms with E-state index < -0.39 is 0 Å². The van der Waals surface area contributed by atoms with Crippen LogP contribution in [0.4, 0.5) is 11.6 Å². The summed E-state index contributed by atoms with van der Waals surface area (Å²) in [7, 11) is 0. The van der Waals surface area contributed by atoms with E-state index in [0.717, 1.165) is 30.0 Å². The number of nitrogens with one attached hydrogen (secondary N) is 1. The molecule has 2 rings (SSSR count). The van der Waals surface area contributed by atoms with Crippen molar-refractivity contribution in [2.45, 2.75) is 52.0 Å². The Hall–Kier alpha value is -1.87.